The van der Waals surface area contributed by atoms with Gasteiger partial charge in [0.1, 0.15) is 5.82 Å². The zero-order chi connectivity index (χ0) is 13.9. The molecule has 0 unspecified atom stereocenters. The fourth-order valence-corrected chi connectivity index (χ4v) is 2.81. The highest BCUT2D eigenvalue weighted by molar-refractivity contribution is 9.08. The summed E-state index contributed by atoms with van der Waals surface area (Å²) in [4.78, 5) is 19.4. The monoisotopic (exact) mass is 328 g/mol. The SMILES string of the molecule is O=c1[nH]c(Cc2ccccc2CBr)nc2ccccc12. The average Bonchev–Trinajstić information content (AvgIpc) is 2.48. The second kappa shape index (κ2) is 5.59. The van der Waals surface area contributed by atoms with Gasteiger partial charge in [-0.2, -0.15) is 0 Å². The van der Waals surface area contributed by atoms with Crippen molar-refractivity contribution in [2.45, 2.75) is 11.8 Å². The Morgan fingerprint density at radius 3 is 2.50 bits per heavy atom. The van der Waals surface area contributed by atoms with Gasteiger partial charge in [0.25, 0.3) is 5.56 Å². The number of aromatic nitrogens is 2. The standard InChI is InChI=1S/C16H13BrN2O/c17-10-12-6-2-1-5-11(12)9-15-18-14-8-4-3-7-13(14)16(20)19-15/h1-8H,9-10H2,(H,18,19,20). The van der Waals surface area contributed by atoms with Gasteiger partial charge in [0.05, 0.1) is 10.9 Å². The molecule has 0 spiro atoms. The highest BCUT2D eigenvalue weighted by atomic mass is 79.9. The summed E-state index contributed by atoms with van der Waals surface area (Å²) in [5.74, 6) is 0.696. The average molecular weight is 329 g/mol. The first-order valence-corrected chi connectivity index (χ1v) is 7.51. The van der Waals surface area contributed by atoms with Crippen LogP contribution < -0.4 is 5.56 Å². The van der Waals surface area contributed by atoms with Crippen molar-refractivity contribution in [2.24, 2.45) is 0 Å². The molecule has 0 saturated heterocycles. The smallest absolute Gasteiger partial charge is 0.258 e. The summed E-state index contributed by atoms with van der Waals surface area (Å²) in [6.45, 7) is 0. The zero-order valence-corrected chi connectivity index (χ0v) is 12.4. The minimum Gasteiger partial charge on any atom is -0.310 e. The topological polar surface area (TPSA) is 45.8 Å². The summed E-state index contributed by atoms with van der Waals surface area (Å²) >= 11 is 3.48. The van der Waals surface area contributed by atoms with Crippen molar-refractivity contribution in [1.29, 1.82) is 0 Å². The molecule has 0 aliphatic carbocycles. The van der Waals surface area contributed by atoms with Crippen LogP contribution in [0.4, 0.5) is 0 Å². The number of rotatable bonds is 3. The number of halogens is 1. The summed E-state index contributed by atoms with van der Waals surface area (Å²) in [7, 11) is 0. The van der Waals surface area contributed by atoms with Gasteiger partial charge in [-0.1, -0.05) is 52.3 Å². The van der Waals surface area contributed by atoms with Gasteiger partial charge in [-0.25, -0.2) is 4.98 Å². The molecule has 0 atom stereocenters. The third kappa shape index (κ3) is 2.51. The van der Waals surface area contributed by atoms with Crippen LogP contribution >= 0.6 is 15.9 Å². The van der Waals surface area contributed by atoms with Crippen LogP contribution in [0.5, 0.6) is 0 Å². The molecule has 4 heteroatoms. The summed E-state index contributed by atoms with van der Waals surface area (Å²) in [6, 6.07) is 15.5. The number of benzene rings is 2. The minimum absolute atomic E-state index is 0.0816. The normalized spacial score (nSPS) is 10.8. The quantitative estimate of drug-likeness (QED) is 0.749. The molecular formula is C16H13BrN2O. The molecule has 0 radical (unpaired) electrons. The fraction of sp³-hybridized carbons (Fsp3) is 0.125. The third-order valence-corrected chi connectivity index (χ3v) is 3.89. The Kier molecular flexibility index (Phi) is 3.65. The van der Waals surface area contributed by atoms with E-state index in [0.717, 1.165) is 10.8 Å². The van der Waals surface area contributed by atoms with Crippen molar-refractivity contribution in [3.63, 3.8) is 0 Å². The van der Waals surface area contributed by atoms with Crippen molar-refractivity contribution in [2.75, 3.05) is 0 Å². The second-order valence-electron chi connectivity index (χ2n) is 4.61. The van der Waals surface area contributed by atoms with Crippen molar-refractivity contribution < 1.29 is 0 Å². The molecule has 1 heterocycles. The Morgan fingerprint density at radius 1 is 1.00 bits per heavy atom. The van der Waals surface area contributed by atoms with Crippen molar-refractivity contribution in [3.8, 4) is 0 Å². The lowest BCUT2D eigenvalue weighted by Crippen LogP contribution is -2.12. The van der Waals surface area contributed by atoms with Crippen LogP contribution in [0, 0.1) is 0 Å². The fourth-order valence-electron chi connectivity index (χ4n) is 2.26. The number of fused-ring (bicyclic) bond motifs is 1. The second-order valence-corrected chi connectivity index (χ2v) is 5.17. The van der Waals surface area contributed by atoms with E-state index in [1.165, 1.54) is 11.1 Å². The predicted molar refractivity (Wildman–Crippen MR) is 84.2 cm³/mol. The van der Waals surface area contributed by atoms with Crippen molar-refractivity contribution >= 4 is 26.8 Å². The Hall–Kier alpha value is -1.94. The number of H-pyrrole nitrogens is 1. The molecule has 0 aliphatic heterocycles. The molecule has 0 aliphatic rings. The molecule has 0 amide bonds. The Morgan fingerprint density at radius 2 is 1.70 bits per heavy atom. The van der Waals surface area contributed by atoms with Gasteiger partial charge in [-0.15, -0.1) is 0 Å². The van der Waals surface area contributed by atoms with E-state index in [0.29, 0.717) is 17.6 Å². The summed E-state index contributed by atoms with van der Waals surface area (Å²) in [6.07, 6.45) is 0.627. The summed E-state index contributed by atoms with van der Waals surface area (Å²) in [5, 5.41) is 1.42. The number of nitrogens with zero attached hydrogens (tertiary/aromatic N) is 1. The molecule has 100 valence electrons. The summed E-state index contributed by atoms with van der Waals surface area (Å²) < 4.78 is 0. The number of alkyl halides is 1. The van der Waals surface area contributed by atoms with Crippen LogP contribution in [0.2, 0.25) is 0 Å². The first-order valence-electron chi connectivity index (χ1n) is 6.38. The van der Waals surface area contributed by atoms with Crippen molar-refractivity contribution in [1.82, 2.24) is 9.97 Å². The van der Waals surface area contributed by atoms with E-state index in [-0.39, 0.29) is 5.56 Å². The lowest BCUT2D eigenvalue weighted by molar-refractivity contribution is 0.964. The van der Waals surface area contributed by atoms with Gasteiger partial charge in [0, 0.05) is 11.8 Å². The molecule has 1 N–H and O–H groups in total. The summed E-state index contributed by atoms with van der Waals surface area (Å²) in [5.41, 5.74) is 3.04. The Balaban J connectivity index is 2.05. The van der Waals surface area contributed by atoms with Gasteiger partial charge >= 0.3 is 0 Å². The van der Waals surface area contributed by atoms with Gasteiger partial charge in [0.15, 0.2) is 0 Å². The Labute approximate surface area is 124 Å². The number of para-hydroxylation sites is 1. The van der Waals surface area contributed by atoms with E-state index in [9.17, 15) is 4.79 Å². The molecule has 1 aromatic heterocycles. The zero-order valence-electron chi connectivity index (χ0n) is 10.8. The van der Waals surface area contributed by atoms with Crippen LogP contribution in [-0.2, 0) is 11.8 Å². The maximum absolute atomic E-state index is 12.0. The molecule has 2 aromatic carbocycles. The molecular weight excluding hydrogens is 316 g/mol. The van der Waals surface area contributed by atoms with Crippen LogP contribution in [0.25, 0.3) is 10.9 Å². The van der Waals surface area contributed by atoms with Crippen LogP contribution in [0.15, 0.2) is 53.3 Å². The first-order chi connectivity index (χ1) is 9.78. The highest BCUT2D eigenvalue weighted by Crippen LogP contribution is 2.15. The van der Waals surface area contributed by atoms with Crippen LogP contribution in [0.3, 0.4) is 0 Å². The van der Waals surface area contributed by atoms with Gasteiger partial charge in [0.2, 0.25) is 0 Å². The van der Waals surface area contributed by atoms with E-state index in [1.807, 2.05) is 30.3 Å². The van der Waals surface area contributed by atoms with Crippen molar-refractivity contribution in [3.05, 3.63) is 75.8 Å². The van der Waals surface area contributed by atoms with Gasteiger partial charge in [-0.3, -0.25) is 4.79 Å². The van der Waals surface area contributed by atoms with E-state index in [2.05, 4.69) is 38.0 Å². The molecule has 3 rings (SSSR count). The highest BCUT2D eigenvalue weighted by Gasteiger charge is 2.06. The first kappa shape index (κ1) is 13.1. The lowest BCUT2D eigenvalue weighted by atomic mass is 10.1. The maximum atomic E-state index is 12.0. The molecule has 0 saturated carbocycles. The minimum atomic E-state index is -0.0816. The predicted octanol–water partition coefficient (Wildman–Crippen LogP) is 3.41. The Bertz CT molecular complexity index is 811. The largest absolute Gasteiger partial charge is 0.310 e. The molecule has 0 fully saturated rings. The van der Waals surface area contributed by atoms with Crippen LogP contribution in [-0.4, -0.2) is 9.97 Å². The van der Waals surface area contributed by atoms with Gasteiger partial charge < -0.3 is 4.98 Å². The molecule has 3 aromatic rings. The lowest BCUT2D eigenvalue weighted by Gasteiger charge is -2.07. The van der Waals surface area contributed by atoms with Gasteiger partial charge in [-0.05, 0) is 23.3 Å². The molecule has 0 bridgehead atoms. The number of nitrogens with one attached hydrogen (secondary N) is 1. The number of aromatic amines is 1. The van der Waals surface area contributed by atoms with E-state index in [4.69, 9.17) is 0 Å². The molecule has 3 nitrogen and oxygen atoms in total. The number of hydrogen-bond acceptors (Lipinski definition) is 2. The number of hydrogen-bond donors (Lipinski definition) is 1. The maximum Gasteiger partial charge on any atom is 0.258 e. The van der Waals surface area contributed by atoms with E-state index in [1.54, 1.807) is 6.07 Å². The third-order valence-electron chi connectivity index (χ3n) is 3.28. The van der Waals surface area contributed by atoms with E-state index < -0.39 is 0 Å². The van der Waals surface area contributed by atoms with E-state index >= 15 is 0 Å². The van der Waals surface area contributed by atoms with Crippen LogP contribution in [0.1, 0.15) is 17.0 Å². The molecule has 20 heavy (non-hydrogen) atoms.